The Morgan fingerprint density at radius 3 is 2.71 bits per heavy atom. The SMILES string of the molecule is CCCNC(Cc1cc(F)ccc1C)c1ncccc1C. The first-order valence-electron chi connectivity index (χ1n) is 7.51. The summed E-state index contributed by atoms with van der Waals surface area (Å²) in [4.78, 5) is 4.52. The van der Waals surface area contributed by atoms with Gasteiger partial charge in [-0.15, -0.1) is 0 Å². The number of benzene rings is 1. The van der Waals surface area contributed by atoms with E-state index in [1.165, 1.54) is 11.6 Å². The molecule has 1 aromatic heterocycles. The largest absolute Gasteiger partial charge is 0.308 e. The summed E-state index contributed by atoms with van der Waals surface area (Å²) in [7, 11) is 0. The Labute approximate surface area is 126 Å². The molecule has 0 amide bonds. The Morgan fingerprint density at radius 2 is 2.00 bits per heavy atom. The summed E-state index contributed by atoms with van der Waals surface area (Å²) >= 11 is 0. The molecule has 0 aliphatic carbocycles. The topological polar surface area (TPSA) is 24.9 Å². The molecular formula is C18H23FN2. The van der Waals surface area contributed by atoms with Crippen LogP contribution in [0.3, 0.4) is 0 Å². The highest BCUT2D eigenvalue weighted by atomic mass is 19.1. The van der Waals surface area contributed by atoms with E-state index in [4.69, 9.17) is 0 Å². The van der Waals surface area contributed by atoms with Crippen molar-refractivity contribution in [2.45, 2.75) is 39.7 Å². The number of halogens is 1. The van der Waals surface area contributed by atoms with Crippen LogP contribution in [0.4, 0.5) is 4.39 Å². The fourth-order valence-electron chi connectivity index (χ4n) is 2.53. The molecular weight excluding hydrogens is 263 g/mol. The van der Waals surface area contributed by atoms with E-state index < -0.39 is 0 Å². The van der Waals surface area contributed by atoms with Gasteiger partial charge in [0.2, 0.25) is 0 Å². The second kappa shape index (κ2) is 7.32. The van der Waals surface area contributed by atoms with Crippen molar-refractivity contribution in [3.05, 3.63) is 64.7 Å². The summed E-state index contributed by atoms with van der Waals surface area (Å²) in [6.07, 6.45) is 3.63. The molecule has 0 aliphatic heterocycles. The first-order valence-corrected chi connectivity index (χ1v) is 7.51. The molecule has 0 saturated heterocycles. The number of nitrogens with one attached hydrogen (secondary N) is 1. The van der Waals surface area contributed by atoms with E-state index in [1.54, 1.807) is 6.07 Å². The maximum atomic E-state index is 13.5. The summed E-state index contributed by atoms with van der Waals surface area (Å²) in [5.41, 5.74) is 4.37. The number of hydrogen-bond donors (Lipinski definition) is 1. The molecule has 3 heteroatoms. The van der Waals surface area contributed by atoms with Crippen LogP contribution in [0.25, 0.3) is 0 Å². The summed E-state index contributed by atoms with van der Waals surface area (Å²) in [6.45, 7) is 7.16. The third-order valence-corrected chi connectivity index (χ3v) is 3.76. The van der Waals surface area contributed by atoms with Crippen LogP contribution in [0.5, 0.6) is 0 Å². The van der Waals surface area contributed by atoms with Gasteiger partial charge in [0, 0.05) is 6.20 Å². The Balaban J connectivity index is 2.28. The van der Waals surface area contributed by atoms with E-state index in [2.05, 4.69) is 30.2 Å². The van der Waals surface area contributed by atoms with Crippen LogP contribution in [-0.2, 0) is 6.42 Å². The highest BCUT2D eigenvalue weighted by Crippen LogP contribution is 2.22. The van der Waals surface area contributed by atoms with Crippen molar-refractivity contribution in [2.24, 2.45) is 0 Å². The molecule has 2 nitrogen and oxygen atoms in total. The molecule has 0 saturated carbocycles. The molecule has 1 N–H and O–H groups in total. The third kappa shape index (κ3) is 4.11. The normalized spacial score (nSPS) is 12.4. The standard InChI is InChI=1S/C18H23FN2/c1-4-9-20-17(18-14(3)6-5-10-21-18)12-15-11-16(19)8-7-13(15)2/h5-8,10-11,17,20H,4,9,12H2,1-3H3. The summed E-state index contributed by atoms with van der Waals surface area (Å²) in [5, 5.41) is 3.54. The second-order valence-corrected chi connectivity index (χ2v) is 5.49. The lowest BCUT2D eigenvalue weighted by molar-refractivity contribution is 0.512. The minimum Gasteiger partial charge on any atom is -0.308 e. The lowest BCUT2D eigenvalue weighted by atomic mass is 9.96. The van der Waals surface area contributed by atoms with Gasteiger partial charge in [0.1, 0.15) is 5.82 Å². The molecule has 112 valence electrons. The van der Waals surface area contributed by atoms with E-state index in [9.17, 15) is 4.39 Å². The third-order valence-electron chi connectivity index (χ3n) is 3.76. The maximum absolute atomic E-state index is 13.5. The van der Waals surface area contributed by atoms with Gasteiger partial charge < -0.3 is 5.32 Å². The minimum absolute atomic E-state index is 0.117. The number of hydrogen-bond acceptors (Lipinski definition) is 2. The van der Waals surface area contributed by atoms with Crippen molar-refractivity contribution in [1.82, 2.24) is 10.3 Å². The Hall–Kier alpha value is -1.74. The Morgan fingerprint density at radius 1 is 1.19 bits per heavy atom. The predicted molar refractivity (Wildman–Crippen MR) is 84.8 cm³/mol. The maximum Gasteiger partial charge on any atom is 0.123 e. The molecule has 0 aliphatic rings. The molecule has 2 rings (SSSR count). The van der Waals surface area contributed by atoms with Crippen LogP contribution < -0.4 is 5.32 Å². The van der Waals surface area contributed by atoms with Crippen LogP contribution in [-0.4, -0.2) is 11.5 Å². The van der Waals surface area contributed by atoms with Crippen molar-refractivity contribution >= 4 is 0 Å². The van der Waals surface area contributed by atoms with E-state index in [1.807, 2.05) is 25.3 Å². The smallest absolute Gasteiger partial charge is 0.123 e. The van der Waals surface area contributed by atoms with E-state index in [0.29, 0.717) is 0 Å². The monoisotopic (exact) mass is 286 g/mol. The highest BCUT2D eigenvalue weighted by molar-refractivity contribution is 5.30. The van der Waals surface area contributed by atoms with Crippen LogP contribution in [0, 0.1) is 19.7 Å². The fraction of sp³-hybridized carbons (Fsp3) is 0.389. The zero-order chi connectivity index (χ0) is 15.2. The van der Waals surface area contributed by atoms with Crippen molar-refractivity contribution in [1.29, 1.82) is 0 Å². The van der Waals surface area contributed by atoms with Gasteiger partial charge in [-0.25, -0.2) is 4.39 Å². The average molecular weight is 286 g/mol. The average Bonchev–Trinajstić information content (AvgIpc) is 2.48. The van der Waals surface area contributed by atoms with Crippen LogP contribution >= 0.6 is 0 Å². The van der Waals surface area contributed by atoms with E-state index >= 15 is 0 Å². The molecule has 1 heterocycles. The molecule has 0 bridgehead atoms. The van der Waals surface area contributed by atoms with E-state index in [0.717, 1.165) is 36.2 Å². The highest BCUT2D eigenvalue weighted by Gasteiger charge is 2.16. The molecule has 1 aromatic carbocycles. The van der Waals surface area contributed by atoms with Crippen LogP contribution in [0.15, 0.2) is 36.5 Å². The van der Waals surface area contributed by atoms with Crippen LogP contribution in [0.2, 0.25) is 0 Å². The van der Waals surface area contributed by atoms with Gasteiger partial charge in [-0.1, -0.05) is 19.1 Å². The number of rotatable bonds is 6. The summed E-state index contributed by atoms with van der Waals surface area (Å²) < 4.78 is 13.5. The molecule has 21 heavy (non-hydrogen) atoms. The molecule has 0 fully saturated rings. The van der Waals surface area contributed by atoms with Gasteiger partial charge >= 0.3 is 0 Å². The lowest BCUT2D eigenvalue weighted by Gasteiger charge is -2.21. The Bertz CT molecular complexity index is 596. The summed E-state index contributed by atoms with van der Waals surface area (Å²) in [6, 6.07) is 9.12. The number of pyridine rings is 1. The molecule has 1 atom stereocenters. The van der Waals surface area contributed by atoms with Gasteiger partial charge in [0.25, 0.3) is 0 Å². The zero-order valence-corrected chi connectivity index (χ0v) is 13.0. The second-order valence-electron chi connectivity index (χ2n) is 5.49. The fourth-order valence-corrected chi connectivity index (χ4v) is 2.53. The van der Waals surface area contributed by atoms with Crippen molar-refractivity contribution in [3.63, 3.8) is 0 Å². The van der Waals surface area contributed by atoms with Gasteiger partial charge in [0.15, 0.2) is 0 Å². The quantitative estimate of drug-likeness (QED) is 0.864. The van der Waals surface area contributed by atoms with Gasteiger partial charge in [-0.05, 0) is 68.1 Å². The number of aromatic nitrogens is 1. The lowest BCUT2D eigenvalue weighted by Crippen LogP contribution is -2.26. The van der Waals surface area contributed by atoms with Gasteiger partial charge in [-0.3, -0.25) is 4.98 Å². The zero-order valence-electron chi connectivity index (χ0n) is 13.0. The molecule has 0 radical (unpaired) electrons. The molecule has 0 spiro atoms. The molecule has 2 aromatic rings. The minimum atomic E-state index is -0.178. The predicted octanol–water partition coefficient (Wildman–Crippen LogP) is 4.12. The molecule has 1 unspecified atom stereocenters. The summed E-state index contributed by atoms with van der Waals surface area (Å²) in [5.74, 6) is -0.178. The first kappa shape index (κ1) is 15.6. The van der Waals surface area contributed by atoms with E-state index in [-0.39, 0.29) is 11.9 Å². The van der Waals surface area contributed by atoms with Gasteiger partial charge in [-0.2, -0.15) is 0 Å². The van der Waals surface area contributed by atoms with Crippen molar-refractivity contribution < 1.29 is 4.39 Å². The van der Waals surface area contributed by atoms with Gasteiger partial charge in [0.05, 0.1) is 11.7 Å². The van der Waals surface area contributed by atoms with Crippen molar-refractivity contribution in [3.8, 4) is 0 Å². The number of nitrogens with zero attached hydrogens (tertiary/aromatic N) is 1. The van der Waals surface area contributed by atoms with Crippen LogP contribution in [0.1, 0.15) is 41.8 Å². The first-order chi connectivity index (χ1) is 10.1. The van der Waals surface area contributed by atoms with Crippen molar-refractivity contribution in [2.75, 3.05) is 6.54 Å². The number of aryl methyl sites for hydroxylation is 2. The Kier molecular flexibility index (Phi) is 5.45.